The predicted molar refractivity (Wildman–Crippen MR) is 74.0 cm³/mol. The van der Waals surface area contributed by atoms with Gasteiger partial charge in [-0.15, -0.1) is 11.3 Å². The first-order valence-electron chi connectivity index (χ1n) is 4.96. The molecule has 2 rings (SSSR count). The third kappa shape index (κ3) is 4.01. The minimum Gasteiger partial charge on any atom is -0.259 e. The van der Waals surface area contributed by atoms with E-state index in [2.05, 4.69) is 15.9 Å². The smallest absolute Gasteiger partial charge is 0.123 e. The van der Waals surface area contributed by atoms with Crippen molar-refractivity contribution in [2.45, 2.75) is 11.5 Å². The Morgan fingerprint density at radius 3 is 2.41 bits per heavy atom. The zero-order valence-corrected chi connectivity index (χ0v) is 12.1. The van der Waals surface area contributed by atoms with Crippen LogP contribution in [0, 0.1) is 5.82 Å². The van der Waals surface area contributed by atoms with Crippen LogP contribution in [0.4, 0.5) is 4.39 Å². The maximum Gasteiger partial charge on any atom is 0.123 e. The van der Waals surface area contributed by atoms with E-state index >= 15 is 0 Å². The third-order valence-electron chi connectivity index (χ3n) is 2.19. The van der Waals surface area contributed by atoms with E-state index in [1.54, 1.807) is 23.5 Å². The minimum absolute atomic E-state index is 0.263. The molecule has 0 amide bonds. The molecule has 1 aromatic heterocycles. The first-order chi connectivity index (χ1) is 8.13. The van der Waals surface area contributed by atoms with Crippen molar-refractivity contribution in [3.05, 3.63) is 56.4 Å². The molecule has 1 nitrogen and oxygen atoms in total. The molecule has 0 aliphatic rings. The fraction of sp³-hybridized carbons (Fsp3) is 0.167. The maximum atomic E-state index is 12.7. The van der Waals surface area contributed by atoms with Crippen LogP contribution in [-0.4, -0.2) is 4.21 Å². The van der Waals surface area contributed by atoms with Gasteiger partial charge in [-0.3, -0.25) is 4.21 Å². The van der Waals surface area contributed by atoms with Crippen LogP contribution in [-0.2, 0) is 22.3 Å². The van der Waals surface area contributed by atoms with E-state index in [-0.39, 0.29) is 5.82 Å². The molecule has 1 aromatic carbocycles. The zero-order chi connectivity index (χ0) is 12.3. The molecule has 0 radical (unpaired) electrons. The minimum atomic E-state index is -0.952. The van der Waals surface area contributed by atoms with E-state index in [4.69, 9.17) is 0 Å². The summed E-state index contributed by atoms with van der Waals surface area (Å²) >= 11 is 4.96. The summed E-state index contributed by atoms with van der Waals surface area (Å²) in [6.45, 7) is 0. The van der Waals surface area contributed by atoms with Crippen molar-refractivity contribution >= 4 is 38.1 Å². The van der Waals surface area contributed by atoms with Gasteiger partial charge < -0.3 is 0 Å². The molecule has 0 N–H and O–H groups in total. The van der Waals surface area contributed by atoms with Crippen LogP contribution in [0.25, 0.3) is 0 Å². The molecule has 2 aromatic rings. The molecular weight excluding hydrogens is 323 g/mol. The molecule has 5 heteroatoms. The highest BCUT2D eigenvalue weighted by atomic mass is 79.9. The lowest BCUT2D eigenvalue weighted by Gasteiger charge is -2.01. The summed E-state index contributed by atoms with van der Waals surface area (Å²) in [5, 5.41) is 1.99. The average Bonchev–Trinajstić information content (AvgIpc) is 2.67. The molecule has 1 atom stereocenters. The van der Waals surface area contributed by atoms with E-state index in [9.17, 15) is 8.60 Å². The second-order valence-electron chi connectivity index (χ2n) is 3.61. The third-order valence-corrected chi connectivity index (χ3v) is 5.05. The van der Waals surface area contributed by atoms with Gasteiger partial charge in [-0.25, -0.2) is 4.39 Å². The summed E-state index contributed by atoms with van der Waals surface area (Å²) in [5.74, 6) is 0.744. The second kappa shape index (κ2) is 5.89. The molecule has 1 heterocycles. The van der Waals surface area contributed by atoms with Crippen molar-refractivity contribution in [3.63, 3.8) is 0 Å². The van der Waals surface area contributed by atoms with E-state index in [1.807, 2.05) is 11.4 Å². The van der Waals surface area contributed by atoms with Crippen molar-refractivity contribution in [2.24, 2.45) is 0 Å². The number of halogens is 2. The van der Waals surface area contributed by atoms with Crippen LogP contribution in [0.3, 0.4) is 0 Å². The van der Waals surface area contributed by atoms with Crippen molar-refractivity contribution in [1.82, 2.24) is 0 Å². The summed E-state index contributed by atoms with van der Waals surface area (Å²) in [7, 11) is -0.952. The van der Waals surface area contributed by atoms with Gasteiger partial charge in [0.1, 0.15) is 5.82 Å². The Kier molecular flexibility index (Phi) is 4.48. The Bertz CT molecular complexity index is 522. The molecule has 0 unspecified atom stereocenters. The quantitative estimate of drug-likeness (QED) is 0.823. The largest absolute Gasteiger partial charge is 0.259 e. The molecule has 17 heavy (non-hydrogen) atoms. The number of thiophene rings is 1. The van der Waals surface area contributed by atoms with E-state index < -0.39 is 10.8 Å². The van der Waals surface area contributed by atoms with Crippen LogP contribution >= 0.6 is 27.3 Å². The Hall–Kier alpha value is -0.520. The topological polar surface area (TPSA) is 17.1 Å². The fourth-order valence-electron chi connectivity index (χ4n) is 1.42. The first-order valence-corrected chi connectivity index (χ1v) is 8.12. The van der Waals surface area contributed by atoms with Gasteiger partial charge in [0.2, 0.25) is 0 Å². The average molecular weight is 333 g/mol. The van der Waals surface area contributed by atoms with Gasteiger partial charge in [0.05, 0.1) is 3.79 Å². The summed E-state index contributed by atoms with van der Waals surface area (Å²) in [6, 6.07) is 8.13. The van der Waals surface area contributed by atoms with E-state index in [0.29, 0.717) is 11.5 Å². The van der Waals surface area contributed by atoms with Gasteiger partial charge in [-0.1, -0.05) is 12.1 Å². The summed E-state index contributed by atoms with van der Waals surface area (Å²) in [6.07, 6.45) is 0. The Morgan fingerprint density at radius 1 is 1.18 bits per heavy atom. The van der Waals surface area contributed by atoms with Crippen LogP contribution in [0.2, 0.25) is 0 Å². The van der Waals surface area contributed by atoms with Gasteiger partial charge in [-0.05, 0) is 50.6 Å². The number of hydrogen-bond donors (Lipinski definition) is 0. The molecule has 0 fully saturated rings. The van der Waals surface area contributed by atoms with Crippen molar-refractivity contribution in [3.8, 4) is 0 Å². The van der Waals surface area contributed by atoms with Crippen molar-refractivity contribution in [1.29, 1.82) is 0 Å². The fourth-order valence-corrected chi connectivity index (χ4v) is 3.94. The number of hydrogen-bond acceptors (Lipinski definition) is 2. The lowest BCUT2D eigenvalue weighted by Crippen LogP contribution is -1.98. The highest BCUT2D eigenvalue weighted by Crippen LogP contribution is 2.22. The second-order valence-corrected chi connectivity index (χ2v) is 7.36. The Labute approximate surface area is 114 Å². The Morgan fingerprint density at radius 2 is 1.82 bits per heavy atom. The molecule has 0 saturated heterocycles. The predicted octanol–water partition coefficient (Wildman–Crippen LogP) is 4.10. The van der Waals surface area contributed by atoms with Crippen LogP contribution in [0.5, 0.6) is 0 Å². The van der Waals surface area contributed by atoms with Gasteiger partial charge >= 0.3 is 0 Å². The molecule has 0 aliphatic carbocycles. The lowest BCUT2D eigenvalue weighted by molar-refractivity contribution is 0.627. The standard InChI is InChI=1S/C12H10BrFOS2/c13-12-5-10(6-16-12)8-17(15)7-9-1-3-11(14)4-2-9/h1-6H,7-8H2/t17-/m0/s1. The molecule has 90 valence electrons. The summed E-state index contributed by atoms with van der Waals surface area (Å²) in [4.78, 5) is 0. The van der Waals surface area contributed by atoms with Gasteiger partial charge in [0.25, 0.3) is 0 Å². The molecule has 0 aliphatic heterocycles. The van der Waals surface area contributed by atoms with Gasteiger partial charge in [-0.2, -0.15) is 0 Å². The highest BCUT2D eigenvalue weighted by Gasteiger charge is 2.05. The van der Waals surface area contributed by atoms with Crippen LogP contribution in [0.15, 0.2) is 39.5 Å². The van der Waals surface area contributed by atoms with Crippen LogP contribution < -0.4 is 0 Å². The van der Waals surface area contributed by atoms with Crippen molar-refractivity contribution < 1.29 is 8.60 Å². The van der Waals surface area contributed by atoms with E-state index in [1.165, 1.54) is 12.1 Å². The maximum absolute atomic E-state index is 12.7. The first kappa shape index (κ1) is 12.9. The Balaban J connectivity index is 1.95. The summed E-state index contributed by atoms with van der Waals surface area (Å²) in [5.41, 5.74) is 1.97. The monoisotopic (exact) mass is 332 g/mol. The summed E-state index contributed by atoms with van der Waals surface area (Å²) < 4.78 is 25.6. The lowest BCUT2D eigenvalue weighted by atomic mass is 10.2. The zero-order valence-electron chi connectivity index (χ0n) is 8.86. The molecular formula is C12H10BrFOS2. The van der Waals surface area contributed by atoms with E-state index in [0.717, 1.165) is 14.9 Å². The molecule has 0 saturated carbocycles. The van der Waals surface area contributed by atoms with Crippen molar-refractivity contribution in [2.75, 3.05) is 0 Å². The SMILES string of the molecule is O=[S@@](Cc1ccc(F)cc1)Cc1csc(Br)c1. The molecule has 0 spiro atoms. The number of benzene rings is 1. The van der Waals surface area contributed by atoms with Crippen LogP contribution in [0.1, 0.15) is 11.1 Å². The normalized spacial score (nSPS) is 12.6. The van der Waals surface area contributed by atoms with Gasteiger partial charge in [0.15, 0.2) is 0 Å². The molecule has 0 bridgehead atoms. The van der Waals surface area contributed by atoms with Gasteiger partial charge in [0, 0.05) is 22.3 Å². The number of rotatable bonds is 4. The highest BCUT2D eigenvalue weighted by molar-refractivity contribution is 9.11.